The van der Waals surface area contributed by atoms with Gasteiger partial charge >= 0.3 is 0 Å². The van der Waals surface area contributed by atoms with Crippen molar-refractivity contribution in [3.63, 3.8) is 0 Å². The molecular formula is C36H45N3O8. The number of phenols is 1. The summed E-state index contributed by atoms with van der Waals surface area (Å²) in [7, 11) is 8.61. The van der Waals surface area contributed by atoms with E-state index in [1.165, 1.54) is 4.90 Å². The van der Waals surface area contributed by atoms with Gasteiger partial charge in [-0.15, -0.1) is 0 Å². The van der Waals surface area contributed by atoms with Crippen molar-refractivity contribution in [3.05, 3.63) is 46.5 Å². The summed E-state index contributed by atoms with van der Waals surface area (Å²) < 4.78 is 5.79. The van der Waals surface area contributed by atoms with Crippen molar-refractivity contribution in [2.45, 2.75) is 63.6 Å². The summed E-state index contributed by atoms with van der Waals surface area (Å²) in [6.45, 7) is 6.52. The number of phenolic OH excluding ortho intramolecular Hbond substituents is 1. The fourth-order valence-corrected chi connectivity index (χ4v) is 8.05. The molecule has 2 aromatic carbocycles. The van der Waals surface area contributed by atoms with Crippen molar-refractivity contribution in [2.24, 2.45) is 29.4 Å². The Hall–Kier alpha value is -3.93. The molecule has 2 unspecified atom stereocenters. The molecule has 0 aromatic heterocycles. The van der Waals surface area contributed by atoms with Crippen LogP contribution in [0.2, 0.25) is 0 Å². The maximum absolute atomic E-state index is 14.6. The summed E-state index contributed by atoms with van der Waals surface area (Å²) in [6, 6.07) is 6.56. The zero-order valence-corrected chi connectivity index (χ0v) is 28.3. The zero-order valence-electron chi connectivity index (χ0n) is 28.3. The second-order valence-electron chi connectivity index (χ2n) is 14.5. The Kier molecular flexibility index (Phi) is 8.75. The number of hydrogen-bond donors (Lipinski definition) is 3. The number of methoxy groups -OCH3 is 1. The summed E-state index contributed by atoms with van der Waals surface area (Å²) in [5.41, 5.74) is 5.52. The number of Topliss-reactive ketones (excluding diaryl/α,β-unsaturated/α-hetero) is 4. The highest BCUT2D eigenvalue weighted by molar-refractivity contribution is 6.32. The second-order valence-corrected chi connectivity index (χ2v) is 14.5. The molecule has 6 atom stereocenters. The minimum Gasteiger partial charge on any atom is -0.507 e. The number of carbonyl (C=O) groups is 5. The minimum absolute atomic E-state index is 0.0225. The lowest BCUT2D eigenvalue weighted by Crippen LogP contribution is -2.74. The summed E-state index contributed by atoms with van der Waals surface area (Å²) in [6.07, 6.45) is 0.757. The minimum atomic E-state index is -2.78. The Morgan fingerprint density at radius 2 is 1.72 bits per heavy atom. The van der Waals surface area contributed by atoms with Gasteiger partial charge in [-0.05, 0) is 93.7 Å². The highest BCUT2D eigenvalue weighted by Crippen LogP contribution is 2.54. The standard InChI is InChI=1S/C36H45N3O8/c1-9-35(2,3)23-15-19(20-12-17(16-38(4)5)10-11-24(20)47-8)21-13-18-14-22-28(39(6)7)31(42)27(34(37)45)33(44)36(22,46)32(43)25(18)30(41)26(21)29(23)40/h10-12,15,18,22,25,27-28,40,46H,9,13-14,16H2,1-8H3,(H2,37,45)/t18-,22-,25?,27?,28-,36-/m0/s1. The molecule has 252 valence electrons. The van der Waals surface area contributed by atoms with Crippen molar-refractivity contribution >= 4 is 29.0 Å². The number of ketones is 4. The Balaban J connectivity index is 1.77. The molecule has 4 N–H and O–H groups in total. The quantitative estimate of drug-likeness (QED) is 0.362. The van der Waals surface area contributed by atoms with Crippen LogP contribution in [-0.4, -0.2) is 96.0 Å². The fraction of sp³-hybridized carbons (Fsp3) is 0.528. The second kappa shape index (κ2) is 11.9. The smallest absolute Gasteiger partial charge is 0.235 e. The van der Waals surface area contributed by atoms with E-state index < -0.39 is 69.8 Å². The van der Waals surface area contributed by atoms with Crippen LogP contribution in [0.3, 0.4) is 0 Å². The average Bonchev–Trinajstić information content (AvgIpc) is 2.98. The van der Waals surface area contributed by atoms with Crippen LogP contribution in [0.25, 0.3) is 11.1 Å². The fourth-order valence-electron chi connectivity index (χ4n) is 8.05. The van der Waals surface area contributed by atoms with Gasteiger partial charge in [0.25, 0.3) is 0 Å². The monoisotopic (exact) mass is 647 g/mol. The molecule has 3 aliphatic rings. The van der Waals surface area contributed by atoms with E-state index in [1.54, 1.807) is 21.2 Å². The van der Waals surface area contributed by atoms with E-state index in [1.807, 2.05) is 64.0 Å². The van der Waals surface area contributed by atoms with Gasteiger partial charge in [-0.2, -0.15) is 0 Å². The number of nitrogens with two attached hydrogens (primary N) is 1. The van der Waals surface area contributed by atoms with Gasteiger partial charge in [0.05, 0.1) is 24.6 Å². The number of fused-ring (bicyclic) bond motifs is 3. The van der Waals surface area contributed by atoms with E-state index in [2.05, 4.69) is 0 Å². The number of carbonyl (C=O) groups excluding carboxylic acids is 5. The number of benzene rings is 2. The topological polar surface area (TPSA) is 168 Å². The van der Waals surface area contributed by atoms with Crippen LogP contribution in [0, 0.1) is 23.7 Å². The highest BCUT2D eigenvalue weighted by atomic mass is 16.5. The van der Waals surface area contributed by atoms with Gasteiger partial charge in [0.15, 0.2) is 34.7 Å². The van der Waals surface area contributed by atoms with Crippen molar-refractivity contribution in [2.75, 3.05) is 35.3 Å². The van der Waals surface area contributed by atoms with Gasteiger partial charge in [-0.3, -0.25) is 28.9 Å². The molecule has 0 heterocycles. The third kappa shape index (κ3) is 5.19. The van der Waals surface area contributed by atoms with E-state index in [9.17, 15) is 34.2 Å². The van der Waals surface area contributed by atoms with Crippen LogP contribution in [0.5, 0.6) is 11.5 Å². The van der Waals surface area contributed by atoms with Gasteiger partial charge in [-0.25, -0.2) is 0 Å². The number of nitrogens with zero attached hydrogens (tertiary/aromatic N) is 2. The van der Waals surface area contributed by atoms with Gasteiger partial charge in [0, 0.05) is 23.6 Å². The summed E-state index contributed by atoms with van der Waals surface area (Å²) in [4.78, 5) is 71.9. The van der Waals surface area contributed by atoms with Gasteiger partial charge in [0.2, 0.25) is 5.91 Å². The first-order chi connectivity index (χ1) is 21.9. The first-order valence-electron chi connectivity index (χ1n) is 16.0. The lowest BCUT2D eigenvalue weighted by Gasteiger charge is -2.52. The Labute approximate surface area is 275 Å². The molecule has 11 nitrogen and oxygen atoms in total. The summed E-state index contributed by atoms with van der Waals surface area (Å²) in [5.74, 6) is -10.1. The van der Waals surface area contributed by atoms with Crippen LogP contribution in [0.1, 0.15) is 60.7 Å². The lowest BCUT2D eigenvalue weighted by atomic mass is 9.52. The van der Waals surface area contributed by atoms with Gasteiger partial charge < -0.3 is 25.6 Å². The number of amides is 1. The van der Waals surface area contributed by atoms with Crippen LogP contribution >= 0.6 is 0 Å². The van der Waals surface area contributed by atoms with Crippen molar-refractivity contribution in [1.82, 2.24) is 9.80 Å². The molecule has 0 radical (unpaired) electrons. The molecule has 11 heteroatoms. The van der Waals surface area contributed by atoms with Crippen molar-refractivity contribution < 1.29 is 38.9 Å². The molecule has 0 bridgehead atoms. The molecule has 3 aliphatic carbocycles. The average molecular weight is 648 g/mol. The number of ether oxygens (including phenoxy) is 1. The van der Waals surface area contributed by atoms with Gasteiger partial charge in [0.1, 0.15) is 11.5 Å². The maximum Gasteiger partial charge on any atom is 0.235 e. The summed E-state index contributed by atoms with van der Waals surface area (Å²) >= 11 is 0. The van der Waals surface area contributed by atoms with E-state index in [-0.39, 0.29) is 24.2 Å². The lowest BCUT2D eigenvalue weighted by molar-refractivity contribution is -0.181. The van der Waals surface area contributed by atoms with E-state index >= 15 is 0 Å². The van der Waals surface area contributed by atoms with E-state index in [4.69, 9.17) is 10.5 Å². The number of likely N-dealkylation sites (N-methyl/N-ethyl adjacent to an activating group) is 1. The normalized spacial score (nSPS) is 27.5. The number of primary amides is 1. The third-order valence-electron chi connectivity index (χ3n) is 10.7. The van der Waals surface area contributed by atoms with E-state index in [0.717, 1.165) is 11.1 Å². The Morgan fingerprint density at radius 3 is 2.28 bits per heavy atom. The number of hydrogen-bond acceptors (Lipinski definition) is 10. The van der Waals surface area contributed by atoms with E-state index in [0.29, 0.717) is 35.4 Å². The summed E-state index contributed by atoms with van der Waals surface area (Å²) in [5, 5.41) is 23.8. The zero-order chi connectivity index (χ0) is 34.9. The molecular weight excluding hydrogens is 602 g/mol. The molecule has 0 spiro atoms. The highest BCUT2D eigenvalue weighted by Gasteiger charge is 2.69. The molecule has 5 rings (SSSR count). The molecule has 0 saturated heterocycles. The first kappa shape index (κ1) is 34.4. The van der Waals surface area contributed by atoms with Crippen LogP contribution in [0.4, 0.5) is 0 Å². The molecule has 0 aliphatic heterocycles. The molecule has 1 amide bonds. The predicted octanol–water partition coefficient (Wildman–Crippen LogP) is 2.29. The van der Waals surface area contributed by atoms with Crippen LogP contribution < -0.4 is 10.5 Å². The SMILES string of the molecule is CCC(C)(C)c1cc(-c2cc(CN(C)C)ccc2OC)c2c(c1O)C(=O)C1C(=O)[C@]3(O)C(=O)C(C(N)=O)C(=O)[C@@H](N(C)C)[C@@H]3C[C@@H]1C2. The molecule has 47 heavy (non-hydrogen) atoms. The largest absolute Gasteiger partial charge is 0.507 e. The first-order valence-corrected chi connectivity index (χ1v) is 16.0. The Bertz CT molecular complexity index is 1700. The molecule has 2 aromatic rings. The molecule has 2 saturated carbocycles. The maximum atomic E-state index is 14.6. The number of rotatable bonds is 8. The van der Waals surface area contributed by atoms with Crippen molar-refractivity contribution in [1.29, 1.82) is 0 Å². The Morgan fingerprint density at radius 1 is 1.06 bits per heavy atom. The number of aliphatic hydroxyl groups is 1. The van der Waals surface area contributed by atoms with Crippen molar-refractivity contribution in [3.8, 4) is 22.6 Å². The number of aromatic hydroxyl groups is 1. The molecule has 2 fully saturated rings. The van der Waals surface area contributed by atoms with Crippen LogP contribution in [-0.2, 0) is 37.6 Å². The third-order valence-corrected chi connectivity index (χ3v) is 10.7. The van der Waals surface area contributed by atoms with Gasteiger partial charge in [-0.1, -0.05) is 26.8 Å². The predicted molar refractivity (Wildman–Crippen MR) is 174 cm³/mol. The van der Waals surface area contributed by atoms with Crippen LogP contribution in [0.15, 0.2) is 24.3 Å².